The van der Waals surface area contributed by atoms with Crippen molar-refractivity contribution in [2.75, 3.05) is 0 Å². The van der Waals surface area contributed by atoms with Gasteiger partial charge in [-0.15, -0.1) is 5.10 Å². The molecule has 0 bridgehead atoms. The number of hydrogen-bond acceptors (Lipinski definition) is 6. The number of carbonyl (C=O) groups is 2. The van der Waals surface area contributed by atoms with Gasteiger partial charge in [0.25, 0.3) is 5.56 Å². The molecule has 3 rings (SSSR count). The van der Waals surface area contributed by atoms with Gasteiger partial charge in [0.15, 0.2) is 0 Å². The van der Waals surface area contributed by atoms with Gasteiger partial charge in [-0.25, -0.2) is 4.68 Å². The van der Waals surface area contributed by atoms with Gasteiger partial charge < -0.3 is 15.2 Å². The summed E-state index contributed by atoms with van der Waals surface area (Å²) in [6.07, 6.45) is 0.0766. The Bertz CT molecular complexity index is 1000. The maximum absolute atomic E-state index is 12.3. The zero-order chi connectivity index (χ0) is 18.5. The number of aliphatic carboxylic acids is 1. The van der Waals surface area contributed by atoms with Crippen LogP contribution in [0.5, 0.6) is 0 Å². The number of rotatable bonds is 6. The Morgan fingerprint density at radius 3 is 2.50 bits per heavy atom. The van der Waals surface area contributed by atoms with Crippen LogP contribution in [0.25, 0.3) is 10.9 Å². The number of carbonyl (C=O) groups excluding carboxylic acids is 2. The predicted octanol–water partition coefficient (Wildman–Crippen LogP) is -0.731. The third kappa shape index (κ3) is 3.92. The van der Waals surface area contributed by atoms with Gasteiger partial charge in [-0.2, -0.15) is 0 Å². The van der Waals surface area contributed by atoms with Crippen molar-refractivity contribution in [2.24, 2.45) is 0 Å². The van der Waals surface area contributed by atoms with E-state index in [1.54, 1.807) is 54.6 Å². The van der Waals surface area contributed by atoms with E-state index in [2.05, 4.69) is 15.6 Å². The van der Waals surface area contributed by atoms with Crippen LogP contribution in [0, 0.1) is 0 Å². The minimum Gasteiger partial charge on any atom is -0.548 e. The quantitative estimate of drug-likeness (QED) is 0.626. The summed E-state index contributed by atoms with van der Waals surface area (Å²) in [7, 11) is 0. The molecule has 0 saturated carbocycles. The summed E-state index contributed by atoms with van der Waals surface area (Å²) in [5.41, 5.74) is 0.689. The predicted molar refractivity (Wildman–Crippen MR) is 90.9 cm³/mol. The number of amides is 1. The smallest absolute Gasteiger partial charge is 0.278 e. The molecule has 1 atom stereocenters. The first kappa shape index (κ1) is 17.3. The van der Waals surface area contributed by atoms with Crippen molar-refractivity contribution in [3.8, 4) is 0 Å². The summed E-state index contributed by atoms with van der Waals surface area (Å²) in [6, 6.07) is 14.3. The Labute approximate surface area is 148 Å². The number of hydrogen-bond donors (Lipinski definition) is 1. The Hall–Kier alpha value is -3.55. The van der Waals surface area contributed by atoms with E-state index in [1.807, 2.05) is 0 Å². The monoisotopic (exact) mass is 351 g/mol. The van der Waals surface area contributed by atoms with E-state index >= 15 is 0 Å². The molecular formula is C18H15N4O4-. The fourth-order valence-corrected chi connectivity index (χ4v) is 2.55. The molecule has 0 radical (unpaired) electrons. The minimum atomic E-state index is -1.40. The molecule has 1 N–H and O–H groups in total. The van der Waals surface area contributed by atoms with Crippen molar-refractivity contribution in [2.45, 2.75) is 19.0 Å². The zero-order valence-corrected chi connectivity index (χ0v) is 13.7. The summed E-state index contributed by atoms with van der Waals surface area (Å²) >= 11 is 0. The summed E-state index contributed by atoms with van der Waals surface area (Å²) in [5, 5.41) is 21.6. The number of carboxylic acids is 1. The largest absolute Gasteiger partial charge is 0.548 e. The van der Waals surface area contributed by atoms with E-state index < -0.39 is 30.0 Å². The third-order valence-electron chi connectivity index (χ3n) is 3.83. The standard InChI is InChI=1S/C18H16N4O4/c23-16(19-15(18(25)26)10-12-6-2-1-3-7-12)11-22-17(24)13-8-4-5-9-14(13)20-21-22/h1-9,15H,10-11H2,(H,19,23)(H,25,26)/p-1/t15-/m0/s1. The Balaban J connectivity index is 1.74. The number of benzene rings is 2. The second kappa shape index (κ2) is 7.56. The number of fused-ring (bicyclic) bond motifs is 1. The Morgan fingerprint density at radius 2 is 1.77 bits per heavy atom. The number of nitrogens with zero attached hydrogens (tertiary/aromatic N) is 3. The number of aromatic nitrogens is 3. The van der Waals surface area contributed by atoms with Gasteiger partial charge in [-0.05, 0) is 24.1 Å². The summed E-state index contributed by atoms with van der Waals surface area (Å²) < 4.78 is 0.895. The van der Waals surface area contributed by atoms with Crippen LogP contribution in [0.2, 0.25) is 0 Å². The maximum atomic E-state index is 12.3. The fraction of sp³-hybridized carbons (Fsp3) is 0.167. The molecule has 0 aliphatic rings. The van der Waals surface area contributed by atoms with E-state index in [0.29, 0.717) is 10.9 Å². The average Bonchev–Trinajstić information content (AvgIpc) is 2.64. The van der Waals surface area contributed by atoms with Gasteiger partial charge in [0.05, 0.1) is 17.4 Å². The first-order chi connectivity index (χ1) is 12.5. The summed E-state index contributed by atoms with van der Waals surface area (Å²) in [6.45, 7) is -0.435. The van der Waals surface area contributed by atoms with Crippen molar-refractivity contribution < 1.29 is 14.7 Å². The lowest BCUT2D eigenvalue weighted by Gasteiger charge is -2.20. The highest BCUT2D eigenvalue weighted by Crippen LogP contribution is 2.04. The second-order valence-electron chi connectivity index (χ2n) is 5.70. The van der Waals surface area contributed by atoms with E-state index in [0.717, 1.165) is 10.2 Å². The molecule has 0 spiro atoms. The third-order valence-corrected chi connectivity index (χ3v) is 3.83. The van der Waals surface area contributed by atoms with E-state index in [4.69, 9.17) is 0 Å². The van der Waals surface area contributed by atoms with E-state index in [1.165, 1.54) is 0 Å². The van der Waals surface area contributed by atoms with Crippen molar-refractivity contribution in [3.63, 3.8) is 0 Å². The van der Waals surface area contributed by atoms with Crippen molar-refractivity contribution >= 4 is 22.8 Å². The Kier molecular flexibility index (Phi) is 5.02. The van der Waals surface area contributed by atoms with Crippen molar-refractivity contribution in [1.29, 1.82) is 0 Å². The van der Waals surface area contributed by atoms with Gasteiger partial charge in [0, 0.05) is 0 Å². The molecule has 0 saturated heterocycles. The molecule has 1 heterocycles. The number of nitrogens with one attached hydrogen (secondary N) is 1. The molecule has 26 heavy (non-hydrogen) atoms. The van der Waals surface area contributed by atoms with Crippen LogP contribution < -0.4 is 16.0 Å². The lowest BCUT2D eigenvalue weighted by atomic mass is 10.1. The summed E-state index contributed by atoms with van der Waals surface area (Å²) in [5.74, 6) is -2.07. The van der Waals surface area contributed by atoms with Crippen LogP contribution >= 0.6 is 0 Å². The van der Waals surface area contributed by atoms with Crippen LogP contribution in [-0.2, 0) is 22.6 Å². The normalized spacial score (nSPS) is 11.8. The molecule has 0 unspecified atom stereocenters. The lowest BCUT2D eigenvalue weighted by Crippen LogP contribution is -2.50. The molecule has 8 heteroatoms. The Morgan fingerprint density at radius 1 is 1.08 bits per heavy atom. The first-order valence-corrected chi connectivity index (χ1v) is 7.91. The highest BCUT2D eigenvalue weighted by Gasteiger charge is 2.16. The van der Waals surface area contributed by atoms with Gasteiger partial charge in [0.1, 0.15) is 12.1 Å². The molecular weight excluding hydrogens is 336 g/mol. The number of carboxylic acid groups (broad SMARTS) is 1. The lowest BCUT2D eigenvalue weighted by molar-refractivity contribution is -0.308. The SMILES string of the molecule is O=C(Cn1nnc2ccccc2c1=O)N[C@@H](Cc1ccccc1)C(=O)[O-]. The van der Waals surface area contributed by atoms with Crippen molar-refractivity contribution in [1.82, 2.24) is 20.3 Å². The maximum Gasteiger partial charge on any atom is 0.278 e. The summed E-state index contributed by atoms with van der Waals surface area (Å²) in [4.78, 5) is 35.8. The molecule has 1 aromatic heterocycles. The van der Waals surface area contributed by atoms with Crippen LogP contribution in [0.15, 0.2) is 59.4 Å². The molecule has 2 aromatic carbocycles. The van der Waals surface area contributed by atoms with Gasteiger partial charge in [-0.3, -0.25) is 9.59 Å². The molecule has 3 aromatic rings. The molecule has 0 fully saturated rings. The van der Waals surface area contributed by atoms with Crippen LogP contribution in [0.1, 0.15) is 5.56 Å². The van der Waals surface area contributed by atoms with Crippen LogP contribution in [-0.4, -0.2) is 32.9 Å². The molecule has 0 aliphatic heterocycles. The molecule has 0 aliphatic carbocycles. The topological polar surface area (TPSA) is 117 Å². The average molecular weight is 351 g/mol. The van der Waals surface area contributed by atoms with Crippen LogP contribution in [0.3, 0.4) is 0 Å². The zero-order valence-electron chi connectivity index (χ0n) is 13.7. The molecule has 1 amide bonds. The van der Waals surface area contributed by atoms with Crippen molar-refractivity contribution in [3.05, 3.63) is 70.5 Å². The second-order valence-corrected chi connectivity index (χ2v) is 5.70. The van der Waals surface area contributed by atoms with E-state index in [9.17, 15) is 19.5 Å². The minimum absolute atomic E-state index is 0.0766. The van der Waals surface area contributed by atoms with Gasteiger partial charge in [0.2, 0.25) is 5.91 Å². The highest BCUT2D eigenvalue weighted by molar-refractivity contribution is 5.83. The highest BCUT2D eigenvalue weighted by atomic mass is 16.4. The molecule has 132 valence electrons. The van der Waals surface area contributed by atoms with Crippen LogP contribution in [0.4, 0.5) is 0 Å². The van der Waals surface area contributed by atoms with E-state index in [-0.39, 0.29) is 6.42 Å². The molecule has 8 nitrogen and oxygen atoms in total. The fourth-order valence-electron chi connectivity index (χ4n) is 2.55. The first-order valence-electron chi connectivity index (χ1n) is 7.91. The van der Waals surface area contributed by atoms with Gasteiger partial charge in [-0.1, -0.05) is 47.7 Å². The van der Waals surface area contributed by atoms with Gasteiger partial charge >= 0.3 is 0 Å².